The van der Waals surface area contributed by atoms with Crippen molar-refractivity contribution in [2.45, 2.75) is 20.1 Å². The molecule has 4 aromatic rings. The molecule has 10 nitrogen and oxygen atoms in total. The molecular formula is C25H22BrN5O5. The molecule has 0 spiro atoms. The Hall–Kier alpha value is -4.25. The quantitative estimate of drug-likeness (QED) is 0.171. The van der Waals surface area contributed by atoms with Crippen molar-refractivity contribution >= 4 is 44.5 Å². The number of benzene rings is 3. The largest absolute Gasteiger partial charge is 0.490 e. The fraction of sp³-hybridized carbons (Fsp3) is 0.160. The number of hydrogen-bond donors (Lipinski definition) is 1. The summed E-state index contributed by atoms with van der Waals surface area (Å²) in [5.74, 6) is 0.610. The summed E-state index contributed by atoms with van der Waals surface area (Å²) in [6.45, 7) is 2.46. The highest BCUT2D eigenvalue weighted by atomic mass is 79.9. The summed E-state index contributed by atoms with van der Waals surface area (Å²) in [5, 5.41) is 20.7. The van der Waals surface area contributed by atoms with Crippen molar-refractivity contribution in [3.63, 3.8) is 0 Å². The number of halogens is 1. The Balaban J connectivity index is 1.44. The molecule has 0 aliphatic carbocycles. The van der Waals surface area contributed by atoms with Crippen LogP contribution in [0.2, 0.25) is 0 Å². The molecule has 184 valence electrons. The lowest BCUT2D eigenvalue weighted by atomic mass is 10.1. The van der Waals surface area contributed by atoms with E-state index in [2.05, 4.69) is 49.8 Å². The van der Waals surface area contributed by atoms with Crippen molar-refractivity contribution in [1.29, 1.82) is 0 Å². The minimum atomic E-state index is -0.581. The summed E-state index contributed by atoms with van der Waals surface area (Å²) in [7, 11) is 0. The van der Waals surface area contributed by atoms with Crippen LogP contribution < -0.4 is 14.9 Å². The second-order valence-electron chi connectivity index (χ2n) is 7.64. The number of aromatic nitrogens is 2. The number of ether oxygens (including phenoxy) is 2. The van der Waals surface area contributed by atoms with Crippen LogP contribution in [0.1, 0.15) is 18.1 Å². The van der Waals surface area contributed by atoms with Crippen LogP contribution in [0.4, 0.5) is 5.69 Å². The number of rotatable bonds is 10. The first kappa shape index (κ1) is 24.9. The van der Waals surface area contributed by atoms with E-state index >= 15 is 0 Å². The van der Waals surface area contributed by atoms with Crippen LogP contribution in [-0.2, 0) is 17.9 Å². The van der Waals surface area contributed by atoms with Crippen molar-refractivity contribution in [3.8, 4) is 11.5 Å². The van der Waals surface area contributed by atoms with Crippen molar-refractivity contribution in [2.24, 2.45) is 5.10 Å². The molecule has 1 heterocycles. The molecule has 1 amide bonds. The lowest BCUT2D eigenvalue weighted by molar-refractivity contribution is -0.385. The predicted octanol–water partition coefficient (Wildman–Crippen LogP) is 4.84. The zero-order valence-electron chi connectivity index (χ0n) is 19.3. The highest BCUT2D eigenvalue weighted by Gasteiger charge is 2.14. The van der Waals surface area contributed by atoms with E-state index < -0.39 is 10.8 Å². The Kier molecular flexibility index (Phi) is 7.91. The van der Waals surface area contributed by atoms with Gasteiger partial charge in [0, 0.05) is 0 Å². The first-order valence-corrected chi connectivity index (χ1v) is 11.8. The van der Waals surface area contributed by atoms with Gasteiger partial charge < -0.3 is 9.47 Å². The van der Waals surface area contributed by atoms with Gasteiger partial charge in [0.25, 0.3) is 5.91 Å². The van der Waals surface area contributed by atoms with E-state index in [0.29, 0.717) is 34.7 Å². The molecule has 0 fully saturated rings. The first-order valence-electron chi connectivity index (χ1n) is 11.0. The Bertz CT molecular complexity index is 1430. The molecule has 0 saturated heterocycles. The molecule has 0 aliphatic rings. The third-order valence-electron chi connectivity index (χ3n) is 5.12. The second kappa shape index (κ2) is 11.5. The third-order valence-corrected chi connectivity index (χ3v) is 5.71. The normalized spacial score (nSPS) is 11.1. The fourth-order valence-electron chi connectivity index (χ4n) is 3.53. The number of nitrogens with zero attached hydrogens (tertiary/aromatic N) is 4. The molecule has 36 heavy (non-hydrogen) atoms. The van der Waals surface area contributed by atoms with Gasteiger partial charge in [0.05, 0.1) is 22.2 Å². The van der Waals surface area contributed by atoms with Crippen LogP contribution >= 0.6 is 15.9 Å². The van der Waals surface area contributed by atoms with Gasteiger partial charge in [-0.15, -0.1) is 0 Å². The Morgan fingerprint density at radius 2 is 2.03 bits per heavy atom. The number of carbonyl (C=O) groups is 1. The van der Waals surface area contributed by atoms with Crippen LogP contribution in [0.25, 0.3) is 10.8 Å². The molecule has 1 N–H and O–H groups in total. The number of nitrogens with one attached hydrogen (secondary N) is 1. The Morgan fingerprint density at radius 3 is 2.81 bits per heavy atom. The molecule has 0 saturated carbocycles. The monoisotopic (exact) mass is 551 g/mol. The van der Waals surface area contributed by atoms with Crippen LogP contribution in [-0.4, -0.2) is 33.4 Å². The Morgan fingerprint density at radius 1 is 1.22 bits per heavy atom. The van der Waals surface area contributed by atoms with E-state index in [1.54, 1.807) is 12.1 Å². The van der Waals surface area contributed by atoms with Crippen LogP contribution in [0.5, 0.6) is 11.5 Å². The van der Waals surface area contributed by atoms with Crippen molar-refractivity contribution < 1.29 is 19.2 Å². The van der Waals surface area contributed by atoms with E-state index in [1.807, 2.05) is 31.2 Å². The van der Waals surface area contributed by atoms with Gasteiger partial charge in [-0.3, -0.25) is 19.6 Å². The first-order chi connectivity index (χ1) is 17.4. The molecular weight excluding hydrogens is 530 g/mol. The second-order valence-corrected chi connectivity index (χ2v) is 8.49. The third kappa shape index (κ3) is 6.05. The van der Waals surface area contributed by atoms with Gasteiger partial charge in [-0.25, -0.2) is 5.43 Å². The topological polar surface area (TPSA) is 121 Å². The summed E-state index contributed by atoms with van der Waals surface area (Å²) in [6, 6.07) is 17.8. The molecule has 0 unspecified atom stereocenters. The van der Waals surface area contributed by atoms with Gasteiger partial charge in [-0.05, 0) is 56.9 Å². The molecule has 11 heteroatoms. The van der Waals surface area contributed by atoms with Gasteiger partial charge in [0.15, 0.2) is 11.5 Å². The molecule has 4 rings (SSSR count). The number of carbonyl (C=O) groups excluding carboxylic acids is 1. The maximum absolute atomic E-state index is 12.1. The summed E-state index contributed by atoms with van der Waals surface area (Å²) in [5.41, 5.74) is 3.91. The molecule has 0 radical (unpaired) electrons. The summed E-state index contributed by atoms with van der Waals surface area (Å²) in [6.07, 6.45) is 3.71. The van der Waals surface area contributed by atoms with Crippen LogP contribution in [0.15, 0.2) is 76.6 Å². The van der Waals surface area contributed by atoms with E-state index in [-0.39, 0.29) is 12.2 Å². The lowest BCUT2D eigenvalue weighted by Crippen LogP contribution is -2.23. The molecule has 3 aromatic carbocycles. The maximum atomic E-state index is 12.1. The van der Waals surface area contributed by atoms with E-state index in [1.165, 1.54) is 12.4 Å². The van der Waals surface area contributed by atoms with Crippen molar-refractivity contribution in [2.75, 3.05) is 6.61 Å². The van der Waals surface area contributed by atoms with Crippen LogP contribution in [0, 0.1) is 10.1 Å². The van der Waals surface area contributed by atoms with Gasteiger partial charge in [-0.1, -0.05) is 42.5 Å². The average molecular weight is 552 g/mol. The van der Waals surface area contributed by atoms with E-state index in [4.69, 9.17) is 9.47 Å². The van der Waals surface area contributed by atoms with Crippen molar-refractivity contribution in [3.05, 3.63) is 92.7 Å². The minimum Gasteiger partial charge on any atom is -0.490 e. The van der Waals surface area contributed by atoms with E-state index in [0.717, 1.165) is 27.2 Å². The average Bonchev–Trinajstić information content (AvgIpc) is 3.32. The van der Waals surface area contributed by atoms with Gasteiger partial charge in [-0.2, -0.15) is 10.2 Å². The minimum absolute atomic E-state index is 0.192. The lowest BCUT2D eigenvalue weighted by Gasteiger charge is -2.15. The standard InChI is InChI=1S/C25H22BrN5O5/c1-2-35-23-11-17(12-27-29-24(32)15-30-14-20(13-28-30)31(33)34)10-22(26)25(23)36-16-19-8-5-7-18-6-3-4-9-21(18)19/h3-14H,2,15-16H2,1H3,(H,29,32)/b27-12+. The van der Waals surface area contributed by atoms with Gasteiger partial charge >= 0.3 is 5.69 Å². The van der Waals surface area contributed by atoms with Gasteiger partial charge in [0.1, 0.15) is 25.5 Å². The molecule has 1 aromatic heterocycles. The highest BCUT2D eigenvalue weighted by molar-refractivity contribution is 9.10. The van der Waals surface area contributed by atoms with E-state index in [9.17, 15) is 14.9 Å². The smallest absolute Gasteiger partial charge is 0.307 e. The zero-order valence-corrected chi connectivity index (χ0v) is 20.8. The SMILES string of the molecule is CCOc1cc(/C=N/NC(=O)Cn2cc([N+](=O)[O-])cn2)cc(Br)c1OCc1cccc2ccccc12. The number of nitro groups is 1. The predicted molar refractivity (Wildman–Crippen MR) is 138 cm³/mol. The summed E-state index contributed by atoms with van der Waals surface area (Å²) < 4.78 is 13.8. The van der Waals surface area contributed by atoms with Gasteiger partial charge in [0.2, 0.25) is 0 Å². The number of amides is 1. The summed E-state index contributed by atoms with van der Waals surface area (Å²) >= 11 is 3.55. The zero-order chi connectivity index (χ0) is 25.5. The molecule has 0 aliphatic heterocycles. The molecule has 0 atom stereocenters. The Labute approximate surface area is 214 Å². The maximum Gasteiger partial charge on any atom is 0.307 e. The highest BCUT2D eigenvalue weighted by Crippen LogP contribution is 2.37. The van der Waals surface area contributed by atoms with Crippen LogP contribution in [0.3, 0.4) is 0 Å². The number of fused-ring (bicyclic) bond motifs is 1. The number of hydrazone groups is 1. The summed E-state index contributed by atoms with van der Waals surface area (Å²) in [4.78, 5) is 22.2. The molecule has 0 bridgehead atoms. The fourth-order valence-corrected chi connectivity index (χ4v) is 4.10. The number of hydrogen-bond acceptors (Lipinski definition) is 7. The van der Waals surface area contributed by atoms with Crippen molar-refractivity contribution in [1.82, 2.24) is 15.2 Å².